The standard InChI is InChI=1S/C11H23N5/c1-9(2)6-16-11(13-8-14-16)5-10(12)7-15(3)4/h8-10H,5-7,12H2,1-4H3. The average molecular weight is 225 g/mol. The van der Waals surface area contributed by atoms with Crippen LogP contribution in [0.25, 0.3) is 0 Å². The molecule has 1 heterocycles. The van der Waals surface area contributed by atoms with E-state index in [1.54, 1.807) is 6.33 Å². The van der Waals surface area contributed by atoms with Gasteiger partial charge in [0, 0.05) is 25.6 Å². The fourth-order valence-corrected chi connectivity index (χ4v) is 1.71. The molecule has 1 unspecified atom stereocenters. The summed E-state index contributed by atoms with van der Waals surface area (Å²) in [5.74, 6) is 1.56. The SMILES string of the molecule is CC(C)Cn1ncnc1CC(N)CN(C)C. The molecule has 0 amide bonds. The lowest BCUT2D eigenvalue weighted by atomic mass is 10.2. The van der Waals surface area contributed by atoms with Gasteiger partial charge in [-0.25, -0.2) is 9.67 Å². The van der Waals surface area contributed by atoms with E-state index in [0.717, 1.165) is 25.3 Å². The summed E-state index contributed by atoms with van der Waals surface area (Å²) < 4.78 is 1.96. The van der Waals surface area contributed by atoms with Crippen molar-refractivity contribution in [3.05, 3.63) is 12.2 Å². The largest absolute Gasteiger partial charge is 0.326 e. The van der Waals surface area contributed by atoms with Gasteiger partial charge in [0.05, 0.1) is 0 Å². The molecule has 0 aliphatic heterocycles. The number of nitrogens with two attached hydrogens (primary N) is 1. The third-order valence-corrected chi connectivity index (χ3v) is 2.28. The van der Waals surface area contributed by atoms with E-state index in [1.807, 2.05) is 18.8 Å². The number of aromatic nitrogens is 3. The minimum atomic E-state index is 0.116. The summed E-state index contributed by atoms with van der Waals surface area (Å²) in [4.78, 5) is 6.36. The Bertz CT molecular complexity index is 305. The van der Waals surface area contributed by atoms with Gasteiger partial charge in [-0.15, -0.1) is 0 Å². The van der Waals surface area contributed by atoms with Crippen molar-refractivity contribution in [2.45, 2.75) is 32.9 Å². The van der Waals surface area contributed by atoms with Gasteiger partial charge in [0.1, 0.15) is 12.2 Å². The van der Waals surface area contributed by atoms with Crippen molar-refractivity contribution in [1.29, 1.82) is 0 Å². The van der Waals surface area contributed by atoms with Crippen LogP contribution in [-0.4, -0.2) is 46.3 Å². The molecular formula is C11H23N5. The van der Waals surface area contributed by atoms with Crippen molar-refractivity contribution in [2.24, 2.45) is 11.7 Å². The van der Waals surface area contributed by atoms with E-state index >= 15 is 0 Å². The molecule has 1 aromatic rings. The van der Waals surface area contributed by atoms with Crippen molar-refractivity contribution in [3.63, 3.8) is 0 Å². The minimum absolute atomic E-state index is 0.116. The maximum Gasteiger partial charge on any atom is 0.138 e. The van der Waals surface area contributed by atoms with E-state index < -0.39 is 0 Å². The van der Waals surface area contributed by atoms with Crippen LogP contribution in [-0.2, 0) is 13.0 Å². The van der Waals surface area contributed by atoms with E-state index in [0.29, 0.717) is 5.92 Å². The van der Waals surface area contributed by atoms with Gasteiger partial charge in [-0.1, -0.05) is 13.8 Å². The molecule has 2 N–H and O–H groups in total. The first-order valence-electron chi connectivity index (χ1n) is 5.76. The quantitative estimate of drug-likeness (QED) is 0.759. The lowest BCUT2D eigenvalue weighted by Crippen LogP contribution is -2.35. The summed E-state index contributed by atoms with van der Waals surface area (Å²) >= 11 is 0. The van der Waals surface area contributed by atoms with Crippen LogP contribution in [0.5, 0.6) is 0 Å². The van der Waals surface area contributed by atoms with Crippen molar-refractivity contribution >= 4 is 0 Å². The van der Waals surface area contributed by atoms with Gasteiger partial charge in [0.25, 0.3) is 0 Å². The van der Waals surface area contributed by atoms with Crippen LogP contribution in [0.1, 0.15) is 19.7 Å². The molecule has 1 aromatic heterocycles. The molecule has 0 bridgehead atoms. The van der Waals surface area contributed by atoms with Crippen LogP contribution in [0.15, 0.2) is 6.33 Å². The first-order valence-corrected chi connectivity index (χ1v) is 5.76. The summed E-state index contributed by atoms with van der Waals surface area (Å²) in [6.07, 6.45) is 2.39. The third kappa shape index (κ3) is 4.28. The van der Waals surface area contributed by atoms with E-state index in [1.165, 1.54) is 0 Å². The molecule has 92 valence electrons. The van der Waals surface area contributed by atoms with Gasteiger partial charge >= 0.3 is 0 Å². The van der Waals surface area contributed by atoms with Crippen LogP contribution in [0.3, 0.4) is 0 Å². The van der Waals surface area contributed by atoms with Crippen LogP contribution < -0.4 is 5.73 Å². The molecule has 1 rings (SSSR count). The summed E-state index contributed by atoms with van der Waals surface area (Å²) in [7, 11) is 4.05. The lowest BCUT2D eigenvalue weighted by molar-refractivity contribution is 0.363. The molecular weight excluding hydrogens is 202 g/mol. The molecule has 0 aromatic carbocycles. The highest BCUT2D eigenvalue weighted by Gasteiger charge is 2.11. The Morgan fingerprint density at radius 2 is 2.12 bits per heavy atom. The molecule has 0 spiro atoms. The fourth-order valence-electron chi connectivity index (χ4n) is 1.71. The first kappa shape index (κ1) is 13.1. The Hall–Kier alpha value is -0.940. The van der Waals surface area contributed by atoms with Gasteiger partial charge in [0.2, 0.25) is 0 Å². The van der Waals surface area contributed by atoms with Crippen LogP contribution in [0.4, 0.5) is 0 Å². The van der Waals surface area contributed by atoms with E-state index in [4.69, 9.17) is 5.73 Å². The molecule has 16 heavy (non-hydrogen) atoms. The highest BCUT2D eigenvalue weighted by Crippen LogP contribution is 2.03. The zero-order valence-electron chi connectivity index (χ0n) is 10.7. The Kier molecular flexibility index (Phi) is 4.89. The number of likely N-dealkylation sites (N-methyl/N-ethyl adjacent to an activating group) is 1. The predicted molar refractivity (Wildman–Crippen MR) is 65.1 cm³/mol. The molecule has 0 aliphatic rings. The molecule has 0 aliphatic carbocycles. The van der Waals surface area contributed by atoms with Gasteiger partial charge in [-0.3, -0.25) is 0 Å². The second-order valence-electron chi connectivity index (χ2n) is 4.98. The third-order valence-electron chi connectivity index (χ3n) is 2.28. The molecule has 0 saturated carbocycles. The Labute approximate surface area is 97.6 Å². The van der Waals surface area contributed by atoms with E-state index in [2.05, 4.69) is 28.8 Å². The highest BCUT2D eigenvalue weighted by atomic mass is 15.3. The number of nitrogens with zero attached hydrogens (tertiary/aromatic N) is 4. The minimum Gasteiger partial charge on any atom is -0.326 e. The van der Waals surface area contributed by atoms with Crippen molar-refractivity contribution < 1.29 is 0 Å². The van der Waals surface area contributed by atoms with Crippen LogP contribution in [0.2, 0.25) is 0 Å². The molecule has 5 nitrogen and oxygen atoms in total. The Morgan fingerprint density at radius 1 is 1.44 bits per heavy atom. The fraction of sp³-hybridized carbons (Fsp3) is 0.818. The average Bonchev–Trinajstić information content (AvgIpc) is 2.50. The van der Waals surface area contributed by atoms with Crippen molar-refractivity contribution in [1.82, 2.24) is 19.7 Å². The van der Waals surface area contributed by atoms with Crippen LogP contribution >= 0.6 is 0 Å². The zero-order valence-corrected chi connectivity index (χ0v) is 10.7. The predicted octanol–water partition coefficient (Wildman–Crippen LogP) is 0.366. The zero-order chi connectivity index (χ0) is 12.1. The van der Waals surface area contributed by atoms with E-state index in [9.17, 15) is 0 Å². The summed E-state index contributed by atoms with van der Waals surface area (Å²) in [6, 6.07) is 0.116. The number of rotatable bonds is 6. The normalized spacial score (nSPS) is 13.7. The van der Waals surface area contributed by atoms with Gasteiger partial charge < -0.3 is 10.6 Å². The first-order chi connectivity index (χ1) is 7.49. The van der Waals surface area contributed by atoms with Crippen molar-refractivity contribution in [2.75, 3.05) is 20.6 Å². The maximum absolute atomic E-state index is 6.04. The van der Waals surface area contributed by atoms with Gasteiger partial charge in [-0.2, -0.15) is 5.10 Å². The topological polar surface area (TPSA) is 60.0 Å². The van der Waals surface area contributed by atoms with E-state index in [-0.39, 0.29) is 6.04 Å². The molecule has 0 saturated heterocycles. The smallest absolute Gasteiger partial charge is 0.138 e. The molecule has 0 fully saturated rings. The monoisotopic (exact) mass is 225 g/mol. The summed E-state index contributed by atoms with van der Waals surface area (Å²) in [5, 5.41) is 4.22. The number of hydrogen-bond acceptors (Lipinski definition) is 4. The molecule has 1 atom stereocenters. The second kappa shape index (κ2) is 5.96. The second-order valence-corrected chi connectivity index (χ2v) is 4.98. The summed E-state index contributed by atoms with van der Waals surface area (Å²) in [5.41, 5.74) is 6.04. The van der Waals surface area contributed by atoms with Gasteiger partial charge in [-0.05, 0) is 20.0 Å². The summed E-state index contributed by atoms with van der Waals surface area (Å²) in [6.45, 7) is 6.12. The number of hydrogen-bond donors (Lipinski definition) is 1. The highest BCUT2D eigenvalue weighted by molar-refractivity contribution is 4.89. The Morgan fingerprint density at radius 3 is 2.69 bits per heavy atom. The molecule has 0 radical (unpaired) electrons. The molecule has 5 heteroatoms. The Balaban J connectivity index is 2.56. The van der Waals surface area contributed by atoms with Crippen molar-refractivity contribution in [3.8, 4) is 0 Å². The lowest BCUT2D eigenvalue weighted by Gasteiger charge is -2.17. The van der Waals surface area contributed by atoms with Gasteiger partial charge in [0.15, 0.2) is 0 Å². The van der Waals surface area contributed by atoms with Crippen LogP contribution in [0, 0.1) is 5.92 Å². The maximum atomic E-state index is 6.04.